The molecule has 2 atom stereocenters. The lowest BCUT2D eigenvalue weighted by atomic mass is 9.75. The molecular weight excluding hydrogens is 256 g/mol. The number of rotatable bonds is 4. The Bertz CT molecular complexity index is 487. The fraction of sp³-hybridized carbons (Fsp3) is 0.714. The topological polar surface area (TPSA) is 79.0 Å². The summed E-state index contributed by atoms with van der Waals surface area (Å²) in [5.41, 5.74) is 1.59. The Morgan fingerprint density at radius 3 is 3.35 bits per heavy atom. The Hall–Kier alpha value is -1.40. The standard InChI is InChI=1S/C14H22N4O2/c1-2-11-5-12(18-17-11)7-16-13(19)14-8-15-6-10(14)3-4-20-9-14/h5,10,15H,2-4,6-9H2,1H3,(H,16,19)(H,17,18)/t10-,14+/m1/s1. The summed E-state index contributed by atoms with van der Waals surface area (Å²) in [6, 6.07) is 2.00. The molecular formula is C14H22N4O2. The molecule has 3 heterocycles. The summed E-state index contributed by atoms with van der Waals surface area (Å²) in [5, 5.41) is 13.5. The Morgan fingerprint density at radius 2 is 2.55 bits per heavy atom. The van der Waals surface area contributed by atoms with Crippen LogP contribution in [0.5, 0.6) is 0 Å². The number of hydrogen-bond acceptors (Lipinski definition) is 4. The monoisotopic (exact) mass is 278 g/mol. The predicted octanol–water partition coefficient (Wildman–Crippen LogP) is 0.214. The Labute approximate surface area is 118 Å². The number of aromatic nitrogens is 2. The van der Waals surface area contributed by atoms with Gasteiger partial charge < -0.3 is 15.4 Å². The van der Waals surface area contributed by atoms with E-state index in [0.717, 1.165) is 37.4 Å². The van der Waals surface area contributed by atoms with Crippen LogP contribution in [0.15, 0.2) is 6.07 Å². The van der Waals surface area contributed by atoms with E-state index in [2.05, 4.69) is 27.8 Å². The third-order valence-electron chi connectivity index (χ3n) is 4.52. The van der Waals surface area contributed by atoms with Crippen LogP contribution in [0.3, 0.4) is 0 Å². The van der Waals surface area contributed by atoms with Gasteiger partial charge in [-0.2, -0.15) is 5.10 Å². The lowest BCUT2D eigenvalue weighted by Gasteiger charge is -2.36. The van der Waals surface area contributed by atoms with Gasteiger partial charge in [-0.3, -0.25) is 9.89 Å². The van der Waals surface area contributed by atoms with E-state index in [9.17, 15) is 4.79 Å². The lowest BCUT2D eigenvalue weighted by Crippen LogP contribution is -2.51. The molecule has 3 rings (SSSR count). The summed E-state index contributed by atoms with van der Waals surface area (Å²) < 4.78 is 5.56. The van der Waals surface area contributed by atoms with Gasteiger partial charge in [0.05, 0.1) is 30.0 Å². The van der Waals surface area contributed by atoms with Crippen molar-refractivity contribution in [3.63, 3.8) is 0 Å². The minimum atomic E-state index is -0.383. The first kappa shape index (κ1) is 13.6. The molecule has 2 saturated heterocycles. The summed E-state index contributed by atoms with van der Waals surface area (Å²) in [5.74, 6) is 0.490. The van der Waals surface area contributed by atoms with Gasteiger partial charge in [0.1, 0.15) is 0 Å². The highest BCUT2D eigenvalue weighted by atomic mass is 16.5. The van der Waals surface area contributed by atoms with Crippen molar-refractivity contribution in [2.45, 2.75) is 26.3 Å². The molecule has 6 nitrogen and oxygen atoms in total. The number of aromatic amines is 1. The van der Waals surface area contributed by atoms with Gasteiger partial charge in [0.25, 0.3) is 0 Å². The number of H-pyrrole nitrogens is 1. The first-order valence-electron chi connectivity index (χ1n) is 7.34. The Balaban J connectivity index is 1.63. The molecule has 0 aliphatic carbocycles. The van der Waals surface area contributed by atoms with Gasteiger partial charge in [0.15, 0.2) is 0 Å². The van der Waals surface area contributed by atoms with Crippen LogP contribution in [0.25, 0.3) is 0 Å². The van der Waals surface area contributed by atoms with Crippen LogP contribution >= 0.6 is 0 Å². The van der Waals surface area contributed by atoms with Crippen LogP contribution in [-0.4, -0.2) is 42.4 Å². The van der Waals surface area contributed by atoms with Crippen LogP contribution in [0.2, 0.25) is 0 Å². The molecule has 3 N–H and O–H groups in total. The van der Waals surface area contributed by atoms with E-state index in [1.807, 2.05) is 6.07 Å². The molecule has 6 heteroatoms. The van der Waals surface area contributed by atoms with Crippen LogP contribution < -0.4 is 10.6 Å². The number of aryl methyl sites for hydroxylation is 1. The molecule has 1 aromatic heterocycles. The molecule has 0 saturated carbocycles. The zero-order valence-corrected chi connectivity index (χ0v) is 11.9. The van der Waals surface area contributed by atoms with E-state index >= 15 is 0 Å². The maximum Gasteiger partial charge on any atom is 0.230 e. The van der Waals surface area contributed by atoms with Crippen LogP contribution in [0, 0.1) is 11.3 Å². The zero-order valence-electron chi connectivity index (χ0n) is 11.9. The van der Waals surface area contributed by atoms with Gasteiger partial charge in [-0.1, -0.05) is 6.92 Å². The highest BCUT2D eigenvalue weighted by Gasteiger charge is 2.50. The van der Waals surface area contributed by atoms with Gasteiger partial charge in [0, 0.05) is 13.2 Å². The zero-order chi connectivity index (χ0) is 14.0. The fourth-order valence-electron chi connectivity index (χ4n) is 3.20. The average molecular weight is 278 g/mol. The molecule has 0 radical (unpaired) electrons. The number of hydrogen-bond donors (Lipinski definition) is 3. The second-order valence-electron chi connectivity index (χ2n) is 5.75. The van der Waals surface area contributed by atoms with E-state index in [-0.39, 0.29) is 11.3 Å². The van der Waals surface area contributed by atoms with E-state index < -0.39 is 0 Å². The van der Waals surface area contributed by atoms with Gasteiger partial charge in [-0.15, -0.1) is 0 Å². The number of carbonyl (C=O) groups is 1. The first-order valence-corrected chi connectivity index (χ1v) is 7.34. The van der Waals surface area contributed by atoms with Gasteiger partial charge in [0.2, 0.25) is 5.91 Å². The smallest absolute Gasteiger partial charge is 0.230 e. The highest BCUT2D eigenvalue weighted by molar-refractivity contribution is 5.84. The highest BCUT2D eigenvalue weighted by Crippen LogP contribution is 2.37. The molecule has 0 spiro atoms. The van der Waals surface area contributed by atoms with Crippen molar-refractivity contribution in [1.82, 2.24) is 20.8 Å². The van der Waals surface area contributed by atoms with E-state index in [1.165, 1.54) is 0 Å². The SMILES string of the molecule is CCc1cc(CNC(=O)[C@]23CNC[C@H]2CCOC3)[nH]n1. The minimum Gasteiger partial charge on any atom is -0.380 e. The Kier molecular flexibility index (Phi) is 3.76. The largest absolute Gasteiger partial charge is 0.380 e. The van der Waals surface area contributed by atoms with Crippen molar-refractivity contribution >= 4 is 5.91 Å². The number of nitrogens with zero attached hydrogens (tertiary/aromatic N) is 1. The molecule has 2 fully saturated rings. The molecule has 0 bridgehead atoms. The lowest BCUT2D eigenvalue weighted by molar-refractivity contribution is -0.141. The molecule has 110 valence electrons. The van der Waals surface area contributed by atoms with E-state index in [0.29, 0.717) is 25.6 Å². The third-order valence-corrected chi connectivity index (χ3v) is 4.52. The van der Waals surface area contributed by atoms with Gasteiger partial charge >= 0.3 is 0 Å². The number of ether oxygens (including phenoxy) is 1. The van der Waals surface area contributed by atoms with Crippen molar-refractivity contribution in [2.75, 3.05) is 26.3 Å². The number of carbonyl (C=O) groups excluding carboxylic acids is 1. The number of nitrogens with one attached hydrogen (secondary N) is 3. The maximum atomic E-state index is 12.6. The summed E-state index contributed by atoms with van der Waals surface area (Å²) in [6.07, 6.45) is 1.86. The maximum absolute atomic E-state index is 12.6. The van der Waals surface area contributed by atoms with E-state index in [4.69, 9.17) is 4.74 Å². The van der Waals surface area contributed by atoms with Crippen LogP contribution in [0.4, 0.5) is 0 Å². The second kappa shape index (κ2) is 5.54. The summed E-state index contributed by atoms with van der Waals surface area (Å²) in [7, 11) is 0. The van der Waals surface area contributed by atoms with Gasteiger partial charge in [-0.25, -0.2) is 0 Å². The number of fused-ring (bicyclic) bond motifs is 1. The summed E-state index contributed by atoms with van der Waals surface area (Å²) in [6.45, 7) is 5.49. The molecule has 0 aromatic carbocycles. The van der Waals surface area contributed by atoms with Crippen molar-refractivity contribution in [3.05, 3.63) is 17.5 Å². The van der Waals surface area contributed by atoms with Crippen LogP contribution in [0.1, 0.15) is 24.7 Å². The van der Waals surface area contributed by atoms with Crippen molar-refractivity contribution in [2.24, 2.45) is 11.3 Å². The first-order chi connectivity index (χ1) is 9.74. The van der Waals surface area contributed by atoms with Crippen molar-refractivity contribution in [3.8, 4) is 0 Å². The second-order valence-corrected chi connectivity index (χ2v) is 5.75. The molecule has 2 aliphatic rings. The fourth-order valence-corrected chi connectivity index (χ4v) is 3.20. The minimum absolute atomic E-state index is 0.0971. The predicted molar refractivity (Wildman–Crippen MR) is 74.0 cm³/mol. The molecule has 0 unspecified atom stereocenters. The normalized spacial score (nSPS) is 29.1. The third kappa shape index (κ3) is 2.33. The summed E-state index contributed by atoms with van der Waals surface area (Å²) in [4.78, 5) is 12.6. The Morgan fingerprint density at radius 1 is 1.65 bits per heavy atom. The van der Waals surface area contributed by atoms with E-state index in [1.54, 1.807) is 0 Å². The molecule has 2 aliphatic heterocycles. The van der Waals surface area contributed by atoms with Crippen molar-refractivity contribution in [1.29, 1.82) is 0 Å². The van der Waals surface area contributed by atoms with Gasteiger partial charge in [-0.05, 0) is 31.4 Å². The quantitative estimate of drug-likeness (QED) is 0.736. The number of amides is 1. The van der Waals surface area contributed by atoms with Crippen molar-refractivity contribution < 1.29 is 9.53 Å². The average Bonchev–Trinajstić information content (AvgIpc) is 3.11. The summed E-state index contributed by atoms with van der Waals surface area (Å²) >= 11 is 0. The van der Waals surface area contributed by atoms with Crippen LogP contribution in [-0.2, 0) is 22.5 Å². The molecule has 1 amide bonds. The molecule has 1 aromatic rings. The molecule has 20 heavy (non-hydrogen) atoms.